The normalized spacial score (nSPS) is 13.0. The molecule has 0 unspecified atom stereocenters. The molecule has 0 bridgehead atoms. The highest BCUT2D eigenvalue weighted by molar-refractivity contribution is 7.09. The summed E-state index contributed by atoms with van der Waals surface area (Å²) in [6.07, 6.45) is 8.81. The smallest absolute Gasteiger partial charge is 0.246 e. The summed E-state index contributed by atoms with van der Waals surface area (Å²) in [6.45, 7) is 4.54. The third kappa shape index (κ3) is 9.58. The molecule has 0 saturated carbocycles. The molecule has 2 aromatic carbocycles. The van der Waals surface area contributed by atoms with Gasteiger partial charge in [0, 0.05) is 56.3 Å². The van der Waals surface area contributed by atoms with Gasteiger partial charge in [0.15, 0.2) is 0 Å². The topological polar surface area (TPSA) is 94.6 Å². The molecule has 4 rings (SSSR count). The van der Waals surface area contributed by atoms with Gasteiger partial charge in [0.05, 0.1) is 0 Å². The first-order chi connectivity index (χ1) is 22.1. The summed E-state index contributed by atoms with van der Waals surface area (Å²) < 4.78 is 0. The number of hydrogen-bond donors (Lipinski definition) is 2. The molecule has 2 heterocycles. The Kier molecular flexibility index (Phi) is 12.2. The first kappa shape index (κ1) is 34.5. The maximum absolute atomic E-state index is 14.4. The van der Waals surface area contributed by atoms with E-state index in [0.717, 1.165) is 26.8 Å². The van der Waals surface area contributed by atoms with Crippen LogP contribution in [0.25, 0.3) is 10.8 Å². The van der Waals surface area contributed by atoms with Gasteiger partial charge in [-0.3, -0.25) is 19.4 Å². The molecule has 0 saturated heterocycles. The van der Waals surface area contributed by atoms with Gasteiger partial charge in [-0.05, 0) is 85.3 Å². The number of pyridine rings is 1. The standard InChI is InChI=1S/C37H45N5O3S/c1-37(2,38-3)19-8-13-34(43)41(4)33(25-28-14-15-29-10-6-7-11-30(29)24-28)36(45)42(5)32(26-31-12-9-23-46-31)35(44)40-22-18-27-16-20-39-21-17-27/h6-17,20-21,23-24,32-33,38H,18-19,22,25-26H2,1-5H3,(H,40,44)/b13-8+/t32-,33-/m1/s1. The minimum absolute atomic E-state index is 0.171. The molecule has 2 atom stereocenters. The molecule has 0 aliphatic carbocycles. The van der Waals surface area contributed by atoms with Crippen LogP contribution in [0.4, 0.5) is 0 Å². The summed E-state index contributed by atoms with van der Waals surface area (Å²) in [5, 5.41) is 10.4. The lowest BCUT2D eigenvalue weighted by Gasteiger charge is -2.34. The fourth-order valence-electron chi connectivity index (χ4n) is 5.22. The fraction of sp³-hybridized carbons (Fsp3) is 0.351. The molecule has 0 aliphatic rings. The molecule has 3 amide bonds. The predicted molar refractivity (Wildman–Crippen MR) is 187 cm³/mol. The van der Waals surface area contributed by atoms with Crippen LogP contribution >= 0.6 is 11.3 Å². The second-order valence-electron chi connectivity index (χ2n) is 12.2. The number of nitrogens with zero attached hydrogens (tertiary/aromatic N) is 3. The van der Waals surface area contributed by atoms with Crippen molar-refractivity contribution in [3.05, 3.63) is 113 Å². The minimum Gasteiger partial charge on any atom is -0.354 e. The highest BCUT2D eigenvalue weighted by Crippen LogP contribution is 2.21. The molecular weight excluding hydrogens is 595 g/mol. The average Bonchev–Trinajstić information content (AvgIpc) is 3.59. The summed E-state index contributed by atoms with van der Waals surface area (Å²) in [7, 11) is 5.22. The van der Waals surface area contributed by atoms with Crippen molar-refractivity contribution in [1.82, 2.24) is 25.4 Å². The van der Waals surface area contributed by atoms with Crippen molar-refractivity contribution in [3.8, 4) is 0 Å². The van der Waals surface area contributed by atoms with Gasteiger partial charge in [0.2, 0.25) is 17.7 Å². The molecule has 4 aromatic rings. The second kappa shape index (κ2) is 16.3. The Labute approximate surface area is 276 Å². The number of fused-ring (bicyclic) bond motifs is 1. The van der Waals surface area contributed by atoms with Crippen molar-refractivity contribution in [2.45, 2.75) is 57.2 Å². The number of nitrogens with one attached hydrogen (secondary N) is 2. The van der Waals surface area contributed by atoms with E-state index in [0.29, 0.717) is 32.2 Å². The third-order valence-electron chi connectivity index (χ3n) is 8.46. The Morgan fingerprint density at radius 3 is 2.33 bits per heavy atom. The van der Waals surface area contributed by atoms with Crippen LogP contribution < -0.4 is 10.6 Å². The lowest BCUT2D eigenvalue weighted by atomic mass is 9.98. The molecule has 9 heteroatoms. The van der Waals surface area contributed by atoms with E-state index in [4.69, 9.17) is 0 Å². The summed E-state index contributed by atoms with van der Waals surface area (Å²) in [4.78, 5) is 49.7. The van der Waals surface area contributed by atoms with Crippen LogP contribution in [0.1, 0.15) is 36.3 Å². The lowest BCUT2D eigenvalue weighted by Crippen LogP contribution is -2.56. The summed E-state index contributed by atoms with van der Waals surface area (Å²) >= 11 is 1.55. The molecule has 8 nitrogen and oxygen atoms in total. The van der Waals surface area contributed by atoms with Crippen LogP contribution in [0, 0.1) is 0 Å². The molecule has 2 N–H and O–H groups in total. The number of amides is 3. The zero-order valence-corrected chi connectivity index (χ0v) is 28.2. The van der Waals surface area contributed by atoms with E-state index in [1.54, 1.807) is 37.8 Å². The molecule has 46 heavy (non-hydrogen) atoms. The highest BCUT2D eigenvalue weighted by atomic mass is 32.1. The van der Waals surface area contributed by atoms with Gasteiger partial charge in [0.1, 0.15) is 12.1 Å². The highest BCUT2D eigenvalue weighted by Gasteiger charge is 2.35. The summed E-state index contributed by atoms with van der Waals surface area (Å²) in [5.41, 5.74) is 1.83. The van der Waals surface area contributed by atoms with E-state index in [9.17, 15) is 14.4 Å². The fourth-order valence-corrected chi connectivity index (χ4v) is 5.96. The number of hydrogen-bond acceptors (Lipinski definition) is 6. The molecule has 0 aliphatic heterocycles. The monoisotopic (exact) mass is 639 g/mol. The Bertz CT molecular complexity index is 1620. The van der Waals surface area contributed by atoms with E-state index in [1.807, 2.05) is 79.2 Å². The number of carbonyl (C=O) groups is 3. The van der Waals surface area contributed by atoms with Crippen molar-refractivity contribution in [2.75, 3.05) is 27.7 Å². The number of likely N-dealkylation sites (N-methyl/N-ethyl adjacent to an activating group) is 2. The van der Waals surface area contributed by atoms with Crippen molar-refractivity contribution >= 4 is 39.8 Å². The zero-order valence-electron chi connectivity index (χ0n) is 27.4. The SMILES string of the molecule is CNC(C)(C)C/C=C/C(=O)N(C)[C@H](Cc1ccc2ccccc2c1)C(=O)N(C)[C@H](Cc1cccs1)C(=O)NCCc1ccncc1. The van der Waals surface area contributed by atoms with Gasteiger partial charge in [-0.15, -0.1) is 11.3 Å². The van der Waals surface area contributed by atoms with Crippen LogP contribution in [0.3, 0.4) is 0 Å². The number of rotatable bonds is 15. The van der Waals surface area contributed by atoms with Crippen molar-refractivity contribution in [1.29, 1.82) is 0 Å². The van der Waals surface area contributed by atoms with E-state index in [1.165, 1.54) is 15.9 Å². The molecule has 242 valence electrons. The predicted octanol–water partition coefficient (Wildman–Crippen LogP) is 5.04. The maximum atomic E-state index is 14.4. The second-order valence-corrected chi connectivity index (χ2v) is 13.3. The van der Waals surface area contributed by atoms with Crippen LogP contribution in [0.2, 0.25) is 0 Å². The van der Waals surface area contributed by atoms with Crippen LogP contribution in [0.5, 0.6) is 0 Å². The summed E-state index contributed by atoms with van der Waals surface area (Å²) in [6, 6.07) is 20.3. The van der Waals surface area contributed by atoms with Crippen molar-refractivity contribution < 1.29 is 14.4 Å². The molecule has 0 spiro atoms. The number of carbonyl (C=O) groups excluding carboxylic acids is 3. The number of aromatic nitrogens is 1. The Hall–Kier alpha value is -4.34. The summed E-state index contributed by atoms with van der Waals surface area (Å²) in [5.74, 6) is -0.791. The van der Waals surface area contributed by atoms with Crippen LogP contribution in [-0.4, -0.2) is 77.8 Å². The van der Waals surface area contributed by atoms with Crippen LogP contribution in [-0.2, 0) is 33.6 Å². The van der Waals surface area contributed by atoms with Gasteiger partial charge < -0.3 is 20.4 Å². The number of benzene rings is 2. The number of thiophene rings is 1. The van der Waals surface area contributed by atoms with Crippen molar-refractivity contribution in [2.24, 2.45) is 0 Å². The first-order valence-corrected chi connectivity index (χ1v) is 16.5. The van der Waals surface area contributed by atoms with E-state index in [2.05, 4.69) is 35.5 Å². The minimum atomic E-state index is -0.823. The average molecular weight is 640 g/mol. The molecule has 0 radical (unpaired) electrons. The van der Waals surface area contributed by atoms with Gasteiger partial charge in [0.25, 0.3) is 0 Å². The quantitative estimate of drug-likeness (QED) is 0.178. The van der Waals surface area contributed by atoms with Gasteiger partial charge >= 0.3 is 0 Å². The maximum Gasteiger partial charge on any atom is 0.246 e. The Morgan fingerprint density at radius 2 is 1.63 bits per heavy atom. The first-order valence-electron chi connectivity index (χ1n) is 15.6. The van der Waals surface area contributed by atoms with Gasteiger partial charge in [-0.25, -0.2) is 0 Å². The third-order valence-corrected chi connectivity index (χ3v) is 9.36. The molecular formula is C37H45N5O3S. The Morgan fingerprint density at radius 1 is 0.891 bits per heavy atom. The van der Waals surface area contributed by atoms with Gasteiger partial charge in [-0.1, -0.05) is 54.6 Å². The van der Waals surface area contributed by atoms with Crippen LogP contribution in [0.15, 0.2) is 96.7 Å². The van der Waals surface area contributed by atoms with E-state index < -0.39 is 12.1 Å². The largest absolute Gasteiger partial charge is 0.354 e. The van der Waals surface area contributed by atoms with Gasteiger partial charge in [-0.2, -0.15) is 0 Å². The van der Waals surface area contributed by atoms with Crippen molar-refractivity contribution in [3.63, 3.8) is 0 Å². The molecule has 0 fully saturated rings. The Balaban J connectivity index is 1.59. The molecule has 2 aromatic heterocycles. The van der Waals surface area contributed by atoms with E-state index >= 15 is 0 Å². The van der Waals surface area contributed by atoms with E-state index in [-0.39, 0.29) is 23.3 Å². The zero-order chi connectivity index (χ0) is 33.1. The lowest BCUT2D eigenvalue weighted by molar-refractivity contribution is -0.146.